The first-order valence-electron chi connectivity index (χ1n) is 7.23. The van der Waals surface area contributed by atoms with Crippen LogP contribution in [0.5, 0.6) is 0 Å². The summed E-state index contributed by atoms with van der Waals surface area (Å²) in [4.78, 5) is 12.1. The number of ketones is 1. The lowest BCUT2D eigenvalue weighted by Gasteiger charge is -2.17. The minimum atomic E-state index is 0.0153. The molecule has 1 aliphatic carbocycles. The van der Waals surface area contributed by atoms with Crippen molar-refractivity contribution in [1.82, 2.24) is 5.32 Å². The molecule has 0 bridgehead atoms. The Morgan fingerprint density at radius 2 is 2.05 bits per heavy atom. The van der Waals surface area contributed by atoms with Crippen molar-refractivity contribution in [2.75, 3.05) is 13.2 Å². The average molecular weight is 261 g/mol. The Balaban J connectivity index is 1.99. The van der Waals surface area contributed by atoms with Gasteiger partial charge in [0.25, 0.3) is 0 Å². The van der Waals surface area contributed by atoms with E-state index >= 15 is 0 Å². The molecule has 19 heavy (non-hydrogen) atoms. The summed E-state index contributed by atoms with van der Waals surface area (Å²) in [5, 5.41) is 12.2. The van der Waals surface area contributed by atoms with Gasteiger partial charge in [-0.05, 0) is 49.3 Å². The zero-order valence-electron chi connectivity index (χ0n) is 11.6. The van der Waals surface area contributed by atoms with Crippen molar-refractivity contribution in [3.8, 4) is 0 Å². The van der Waals surface area contributed by atoms with Crippen molar-refractivity contribution in [2.24, 2.45) is 0 Å². The summed E-state index contributed by atoms with van der Waals surface area (Å²) in [6.45, 7) is 2.38. The van der Waals surface area contributed by atoms with Gasteiger partial charge >= 0.3 is 0 Å². The minimum Gasteiger partial charge on any atom is -0.395 e. The van der Waals surface area contributed by atoms with Gasteiger partial charge in [-0.2, -0.15) is 0 Å². The maximum absolute atomic E-state index is 12.1. The zero-order chi connectivity index (χ0) is 13.7. The summed E-state index contributed by atoms with van der Waals surface area (Å²) in [6.07, 6.45) is 5.55. The number of aliphatic hydroxyl groups is 1. The molecular formula is C16H23NO2. The van der Waals surface area contributed by atoms with Crippen LogP contribution in [0.15, 0.2) is 18.2 Å². The van der Waals surface area contributed by atoms with Gasteiger partial charge in [-0.1, -0.05) is 19.1 Å². The summed E-state index contributed by atoms with van der Waals surface area (Å²) in [5.74, 6) is 0.111. The first-order chi connectivity index (χ1) is 9.24. The van der Waals surface area contributed by atoms with Crippen LogP contribution in [0.1, 0.15) is 47.7 Å². The van der Waals surface area contributed by atoms with Crippen LogP contribution in [0.4, 0.5) is 0 Å². The highest BCUT2D eigenvalue weighted by atomic mass is 16.3. The Labute approximate surface area is 115 Å². The lowest BCUT2D eigenvalue weighted by Crippen LogP contribution is -2.35. The smallest absolute Gasteiger partial charge is 0.176 e. The van der Waals surface area contributed by atoms with Crippen LogP contribution < -0.4 is 5.32 Å². The summed E-state index contributed by atoms with van der Waals surface area (Å²) in [5.41, 5.74) is 3.53. The summed E-state index contributed by atoms with van der Waals surface area (Å²) < 4.78 is 0. The Kier molecular flexibility index (Phi) is 5.11. The third kappa shape index (κ3) is 3.64. The summed E-state index contributed by atoms with van der Waals surface area (Å²) >= 11 is 0. The molecule has 3 heteroatoms. The standard InChI is InChI=1S/C16H23NO2/c1-2-15(11-18)17-10-16(19)14-8-7-12-5-3-4-6-13(12)9-14/h7-9,15,17-18H,2-6,10-11H2,1H3. The van der Waals surface area contributed by atoms with Crippen LogP contribution in [0.3, 0.4) is 0 Å². The highest BCUT2D eigenvalue weighted by Crippen LogP contribution is 2.22. The van der Waals surface area contributed by atoms with Gasteiger partial charge < -0.3 is 10.4 Å². The molecule has 0 saturated carbocycles. The van der Waals surface area contributed by atoms with Crippen molar-refractivity contribution in [3.63, 3.8) is 0 Å². The molecule has 0 fully saturated rings. The Bertz CT molecular complexity index is 438. The Hall–Kier alpha value is -1.19. The minimum absolute atomic E-state index is 0.0153. The third-order valence-corrected chi connectivity index (χ3v) is 3.93. The number of Topliss-reactive ketones (excluding diaryl/α,β-unsaturated/α-hetero) is 1. The monoisotopic (exact) mass is 261 g/mol. The molecule has 2 rings (SSSR count). The lowest BCUT2D eigenvalue weighted by atomic mass is 9.90. The van der Waals surface area contributed by atoms with Crippen LogP contribution in [0, 0.1) is 0 Å². The molecule has 0 amide bonds. The highest BCUT2D eigenvalue weighted by Gasteiger charge is 2.13. The van der Waals surface area contributed by atoms with Gasteiger partial charge in [-0.3, -0.25) is 4.79 Å². The van der Waals surface area contributed by atoms with Crippen molar-refractivity contribution < 1.29 is 9.90 Å². The van der Waals surface area contributed by atoms with Crippen molar-refractivity contribution in [3.05, 3.63) is 34.9 Å². The number of rotatable bonds is 6. The molecule has 0 spiro atoms. The number of nitrogens with one attached hydrogen (secondary N) is 1. The van der Waals surface area contributed by atoms with Crippen LogP contribution in [-0.2, 0) is 12.8 Å². The van der Waals surface area contributed by atoms with Gasteiger partial charge in [-0.25, -0.2) is 0 Å². The van der Waals surface area contributed by atoms with E-state index in [1.54, 1.807) is 0 Å². The molecule has 104 valence electrons. The number of carbonyl (C=O) groups excluding carboxylic acids is 1. The van der Waals surface area contributed by atoms with Crippen LogP contribution in [0.2, 0.25) is 0 Å². The largest absolute Gasteiger partial charge is 0.395 e. The second-order valence-corrected chi connectivity index (χ2v) is 5.28. The normalized spacial score (nSPS) is 15.9. The van der Waals surface area contributed by atoms with Crippen LogP contribution in [-0.4, -0.2) is 30.1 Å². The first-order valence-corrected chi connectivity index (χ1v) is 7.23. The van der Waals surface area contributed by atoms with E-state index in [1.165, 1.54) is 24.0 Å². The molecule has 0 radical (unpaired) electrons. The molecule has 2 N–H and O–H groups in total. The number of hydrogen-bond acceptors (Lipinski definition) is 3. The van der Waals surface area contributed by atoms with Gasteiger partial charge in [0.2, 0.25) is 0 Å². The van der Waals surface area contributed by atoms with E-state index in [2.05, 4.69) is 17.4 Å². The van der Waals surface area contributed by atoms with E-state index in [-0.39, 0.29) is 18.4 Å². The fourth-order valence-corrected chi connectivity index (χ4v) is 2.58. The van der Waals surface area contributed by atoms with Gasteiger partial charge in [0, 0.05) is 11.6 Å². The Morgan fingerprint density at radius 3 is 2.74 bits per heavy atom. The SMILES string of the molecule is CCC(CO)NCC(=O)c1ccc2c(c1)CCCC2. The van der Waals surface area contributed by atoms with E-state index in [4.69, 9.17) is 5.11 Å². The third-order valence-electron chi connectivity index (χ3n) is 3.93. The number of carbonyl (C=O) groups is 1. The molecule has 0 aromatic heterocycles. The van der Waals surface area contributed by atoms with E-state index in [0.29, 0.717) is 6.54 Å². The van der Waals surface area contributed by atoms with E-state index < -0.39 is 0 Å². The molecule has 0 heterocycles. The van der Waals surface area contributed by atoms with Crippen molar-refractivity contribution in [1.29, 1.82) is 0 Å². The molecule has 1 aromatic rings. The highest BCUT2D eigenvalue weighted by molar-refractivity contribution is 5.97. The van der Waals surface area contributed by atoms with E-state index in [1.807, 2.05) is 13.0 Å². The molecule has 1 unspecified atom stereocenters. The number of hydrogen-bond donors (Lipinski definition) is 2. The fourth-order valence-electron chi connectivity index (χ4n) is 2.58. The maximum atomic E-state index is 12.1. The van der Waals surface area contributed by atoms with Crippen molar-refractivity contribution >= 4 is 5.78 Å². The quantitative estimate of drug-likeness (QED) is 0.771. The Morgan fingerprint density at radius 1 is 1.32 bits per heavy atom. The number of fused-ring (bicyclic) bond motifs is 1. The topological polar surface area (TPSA) is 49.3 Å². The van der Waals surface area contributed by atoms with Crippen LogP contribution in [0.25, 0.3) is 0 Å². The first kappa shape index (κ1) is 14.2. The van der Waals surface area contributed by atoms with Gasteiger partial charge in [0.15, 0.2) is 5.78 Å². The molecule has 3 nitrogen and oxygen atoms in total. The predicted octanol–water partition coefficient (Wildman–Crippen LogP) is 2.11. The van der Waals surface area contributed by atoms with E-state index in [9.17, 15) is 4.79 Å². The van der Waals surface area contributed by atoms with E-state index in [0.717, 1.165) is 24.8 Å². The maximum Gasteiger partial charge on any atom is 0.176 e. The molecule has 1 aliphatic rings. The lowest BCUT2D eigenvalue weighted by molar-refractivity contribution is 0.0982. The van der Waals surface area contributed by atoms with Crippen LogP contribution >= 0.6 is 0 Å². The zero-order valence-corrected chi connectivity index (χ0v) is 11.6. The average Bonchev–Trinajstić information content (AvgIpc) is 2.47. The molecular weight excluding hydrogens is 238 g/mol. The second kappa shape index (κ2) is 6.83. The second-order valence-electron chi connectivity index (χ2n) is 5.28. The van der Waals surface area contributed by atoms with Crippen molar-refractivity contribution in [2.45, 2.75) is 45.1 Å². The molecule has 1 aromatic carbocycles. The number of aliphatic hydroxyl groups excluding tert-OH is 1. The molecule has 0 saturated heterocycles. The van der Waals surface area contributed by atoms with Gasteiger partial charge in [0.05, 0.1) is 13.2 Å². The predicted molar refractivity (Wildman–Crippen MR) is 76.6 cm³/mol. The molecule has 0 aliphatic heterocycles. The summed E-state index contributed by atoms with van der Waals surface area (Å²) in [6, 6.07) is 6.11. The van der Waals surface area contributed by atoms with Gasteiger partial charge in [-0.15, -0.1) is 0 Å². The number of benzene rings is 1. The van der Waals surface area contributed by atoms with Gasteiger partial charge in [0.1, 0.15) is 0 Å². The number of aryl methyl sites for hydroxylation is 2. The summed E-state index contributed by atoms with van der Waals surface area (Å²) in [7, 11) is 0. The molecule has 1 atom stereocenters. The fraction of sp³-hybridized carbons (Fsp3) is 0.562.